The number of rotatable bonds is 4. The van der Waals surface area contributed by atoms with Gasteiger partial charge in [-0.3, -0.25) is 0 Å². The van der Waals surface area contributed by atoms with Gasteiger partial charge in [-0.2, -0.15) is 0 Å². The van der Waals surface area contributed by atoms with Crippen molar-refractivity contribution in [2.45, 2.75) is 40.5 Å². The lowest BCUT2D eigenvalue weighted by molar-refractivity contribution is 0.342. The minimum absolute atomic E-state index is 0.533. The summed E-state index contributed by atoms with van der Waals surface area (Å²) in [6, 6.07) is 0. The lowest BCUT2D eigenvalue weighted by Crippen LogP contribution is -2.17. The van der Waals surface area contributed by atoms with E-state index in [4.69, 9.17) is 0 Å². The van der Waals surface area contributed by atoms with E-state index in [-0.39, 0.29) is 0 Å². The van der Waals surface area contributed by atoms with E-state index in [1.807, 2.05) is 0 Å². The van der Waals surface area contributed by atoms with E-state index >= 15 is 0 Å². The topological polar surface area (TPSA) is 12.0 Å². The van der Waals surface area contributed by atoms with Crippen LogP contribution in [0, 0.1) is 17.3 Å². The zero-order valence-electron chi connectivity index (χ0n) is 8.98. The molecular formula is C11H23N. The molecule has 0 aliphatic heterocycles. The van der Waals surface area contributed by atoms with Crippen molar-refractivity contribution >= 4 is 0 Å². The quantitative estimate of drug-likeness (QED) is 0.682. The highest BCUT2D eigenvalue weighted by atomic mass is 14.9. The Bertz CT molecular complexity index is 134. The molecule has 0 bridgehead atoms. The molecule has 1 nitrogen and oxygen atoms in total. The van der Waals surface area contributed by atoms with Crippen LogP contribution in [0.15, 0.2) is 0 Å². The second-order valence-corrected chi connectivity index (χ2v) is 5.33. The van der Waals surface area contributed by atoms with Crippen molar-refractivity contribution in [1.82, 2.24) is 5.32 Å². The van der Waals surface area contributed by atoms with E-state index in [2.05, 4.69) is 33.0 Å². The highest BCUT2D eigenvalue weighted by Gasteiger charge is 2.38. The zero-order valence-corrected chi connectivity index (χ0v) is 8.98. The maximum Gasteiger partial charge on any atom is -0.00179 e. The van der Waals surface area contributed by atoms with Gasteiger partial charge in [-0.1, -0.05) is 27.7 Å². The van der Waals surface area contributed by atoms with Gasteiger partial charge in [0, 0.05) is 0 Å². The van der Waals surface area contributed by atoms with Gasteiger partial charge in [-0.05, 0) is 43.2 Å². The summed E-state index contributed by atoms with van der Waals surface area (Å²) in [5.41, 5.74) is 0.533. The summed E-state index contributed by atoms with van der Waals surface area (Å²) in [6.45, 7) is 11.6. The van der Waals surface area contributed by atoms with Crippen LogP contribution in [0.2, 0.25) is 0 Å². The second kappa shape index (κ2) is 3.78. The van der Waals surface area contributed by atoms with Crippen LogP contribution in [0.1, 0.15) is 40.5 Å². The molecule has 1 heteroatoms. The first-order valence-electron chi connectivity index (χ1n) is 5.23. The molecular weight excluding hydrogens is 146 g/mol. The predicted octanol–water partition coefficient (Wildman–Crippen LogP) is 2.67. The monoisotopic (exact) mass is 169 g/mol. The maximum atomic E-state index is 3.43. The Balaban J connectivity index is 2.08. The van der Waals surface area contributed by atoms with E-state index in [9.17, 15) is 0 Å². The fourth-order valence-electron chi connectivity index (χ4n) is 1.93. The Morgan fingerprint density at radius 1 is 1.25 bits per heavy atom. The first-order chi connectivity index (χ1) is 5.53. The highest BCUT2D eigenvalue weighted by molar-refractivity contribution is 4.90. The summed E-state index contributed by atoms with van der Waals surface area (Å²) in [7, 11) is 0. The van der Waals surface area contributed by atoms with E-state index in [1.54, 1.807) is 0 Å². The van der Waals surface area contributed by atoms with Crippen molar-refractivity contribution in [2.75, 3.05) is 13.1 Å². The highest BCUT2D eigenvalue weighted by Crippen LogP contribution is 2.45. The van der Waals surface area contributed by atoms with Crippen molar-refractivity contribution in [3.8, 4) is 0 Å². The van der Waals surface area contributed by atoms with Gasteiger partial charge >= 0.3 is 0 Å². The normalized spacial score (nSPS) is 29.0. The van der Waals surface area contributed by atoms with Crippen LogP contribution in [-0.2, 0) is 0 Å². The Hall–Kier alpha value is -0.0400. The SMILES string of the molecule is CCNCC1CC1CC(C)(C)C. The van der Waals surface area contributed by atoms with Gasteiger partial charge in [0.1, 0.15) is 0 Å². The Morgan fingerprint density at radius 2 is 1.92 bits per heavy atom. The molecule has 2 unspecified atom stereocenters. The van der Waals surface area contributed by atoms with Crippen molar-refractivity contribution < 1.29 is 0 Å². The largest absolute Gasteiger partial charge is 0.317 e. The van der Waals surface area contributed by atoms with Gasteiger partial charge in [-0.15, -0.1) is 0 Å². The molecule has 0 heterocycles. The molecule has 12 heavy (non-hydrogen) atoms. The Labute approximate surface area is 76.9 Å². The molecule has 0 aromatic rings. The lowest BCUT2D eigenvalue weighted by Gasteiger charge is -2.17. The van der Waals surface area contributed by atoms with Crippen LogP contribution in [0.5, 0.6) is 0 Å². The molecule has 1 aliphatic rings. The Morgan fingerprint density at radius 3 is 2.42 bits per heavy atom. The van der Waals surface area contributed by atoms with E-state index in [0.717, 1.165) is 18.4 Å². The van der Waals surface area contributed by atoms with Crippen molar-refractivity contribution in [2.24, 2.45) is 17.3 Å². The molecule has 1 aliphatic carbocycles. The summed E-state index contributed by atoms with van der Waals surface area (Å²) in [5, 5.41) is 3.43. The molecule has 2 atom stereocenters. The smallest absolute Gasteiger partial charge is 0.00179 e. The Kier molecular flexibility index (Phi) is 3.16. The van der Waals surface area contributed by atoms with Crippen molar-refractivity contribution in [3.05, 3.63) is 0 Å². The van der Waals surface area contributed by atoms with Crippen molar-refractivity contribution in [1.29, 1.82) is 0 Å². The maximum absolute atomic E-state index is 3.43. The van der Waals surface area contributed by atoms with Crippen LogP contribution in [0.25, 0.3) is 0 Å². The second-order valence-electron chi connectivity index (χ2n) is 5.33. The molecule has 0 spiro atoms. The van der Waals surface area contributed by atoms with Crippen LogP contribution in [-0.4, -0.2) is 13.1 Å². The zero-order chi connectivity index (χ0) is 9.19. The average Bonchev–Trinajstić information content (AvgIpc) is 2.60. The standard InChI is InChI=1S/C11H23N/c1-5-12-8-10-6-9(10)7-11(2,3)4/h9-10,12H,5-8H2,1-4H3. The van der Waals surface area contributed by atoms with Gasteiger partial charge in [0.05, 0.1) is 0 Å². The third-order valence-corrected chi connectivity index (χ3v) is 2.60. The van der Waals surface area contributed by atoms with E-state index in [0.29, 0.717) is 5.41 Å². The molecule has 0 aromatic heterocycles. The molecule has 0 saturated heterocycles. The summed E-state index contributed by atoms with van der Waals surface area (Å²) in [4.78, 5) is 0. The summed E-state index contributed by atoms with van der Waals surface area (Å²) in [6.07, 6.45) is 2.87. The first kappa shape index (κ1) is 10.0. The third kappa shape index (κ3) is 3.57. The summed E-state index contributed by atoms with van der Waals surface area (Å²) >= 11 is 0. The predicted molar refractivity (Wildman–Crippen MR) is 54.2 cm³/mol. The molecule has 1 saturated carbocycles. The fraction of sp³-hybridized carbons (Fsp3) is 1.00. The molecule has 0 radical (unpaired) electrons. The van der Waals surface area contributed by atoms with Gasteiger partial charge in [0.15, 0.2) is 0 Å². The van der Waals surface area contributed by atoms with Crippen molar-refractivity contribution in [3.63, 3.8) is 0 Å². The van der Waals surface area contributed by atoms with Crippen LogP contribution >= 0.6 is 0 Å². The van der Waals surface area contributed by atoms with Gasteiger partial charge in [0.2, 0.25) is 0 Å². The van der Waals surface area contributed by atoms with E-state index < -0.39 is 0 Å². The molecule has 1 rings (SSSR count). The average molecular weight is 169 g/mol. The van der Waals surface area contributed by atoms with Gasteiger partial charge < -0.3 is 5.32 Å². The van der Waals surface area contributed by atoms with E-state index in [1.165, 1.54) is 19.4 Å². The molecule has 1 fully saturated rings. The molecule has 72 valence electrons. The minimum atomic E-state index is 0.533. The number of hydrogen-bond donors (Lipinski definition) is 1. The first-order valence-corrected chi connectivity index (χ1v) is 5.23. The summed E-state index contributed by atoms with van der Waals surface area (Å²) < 4.78 is 0. The van der Waals surface area contributed by atoms with Gasteiger partial charge in [0.25, 0.3) is 0 Å². The lowest BCUT2D eigenvalue weighted by atomic mass is 9.89. The van der Waals surface area contributed by atoms with Crippen LogP contribution in [0.4, 0.5) is 0 Å². The molecule has 0 amide bonds. The molecule has 1 N–H and O–H groups in total. The van der Waals surface area contributed by atoms with Crippen LogP contribution in [0.3, 0.4) is 0 Å². The molecule has 0 aromatic carbocycles. The van der Waals surface area contributed by atoms with Gasteiger partial charge in [-0.25, -0.2) is 0 Å². The summed E-state index contributed by atoms with van der Waals surface area (Å²) in [5.74, 6) is 2.01. The number of hydrogen-bond acceptors (Lipinski definition) is 1. The fourth-order valence-corrected chi connectivity index (χ4v) is 1.93. The number of nitrogens with one attached hydrogen (secondary N) is 1. The third-order valence-electron chi connectivity index (χ3n) is 2.60. The minimum Gasteiger partial charge on any atom is -0.317 e. The van der Waals surface area contributed by atoms with Crippen LogP contribution < -0.4 is 5.32 Å².